The van der Waals surface area contributed by atoms with Crippen LogP contribution in [-0.2, 0) is 27.3 Å². The maximum absolute atomic E-state index is 14.5. The molecule has 0 spiro atoms. The van der Waals surface area contributed by atoms with Crippen LogP contribution >= 0.6 is 23.2 Å². The highest BCUT2D eigenvalue weighted by Crippen LogP contribution is 2.31. The van der Waals surface area contributed by atoms with Gasteiger partial charge in [0.15, 0.2) is 0 Å². The summed E-state index contributed by atoms with van der Waals surface area (Å²) in [4.78, 5) is 42.3. The molecular formula is C28H33Cl2FN4O4. The third-order valence-corrected chi connectivity index (χ3v) is 8.38. The number of nitrogens with two attached hydrogens (primary N) is 1. The van der Waals surface area contributed by atoms with E-state index < -0.39 is 29.8 Å². The van der Waals surface area contributed by atoms with Gasteiger partial charge in [-0.05, 0) is 43.7 Å². The Kier molecular flexibility index (Phi) is 9.82. The number of benzene rings is 2. The van der Waals surface area contributed by atoms with Gasteiger partial charge in [-0.3, -0.25) is 19.3 Å². The summed E-state index contributed by atoms with van der Waals surface area (Å²) in [6, 6.07) is 11.4. The number of aryl methyl sites for hydroxylation is 1. The number of carboxylic acids is 1. The lowest BCUT2D eigenvalue weighted by Crippen LogP contribution is -2.53. The number of nitrogens with zero attached hydrogens (tertiary/aromatic N) is 2. The molecule has 2 fully saturated rings. The Morgan fingerprint density at radius 2 is 1.92 bits per heavy atom. The van der Waals surface area contributed by atoms with Gasteiger partial charge in [-0.1, -0.05) is 59.6 Å². The molecule has 11 heteroatoms. The van der Waals surface area contributed by atoms with Crippen molar-refractivity contribution in [3.05, 3.63) is 69.5 Å². The van der Waals surface area contributed by atoms with Crippen LogP contribution in [0, 0.1) is 5.82 Å². The summed E-state index contributed by atoms with van der Waals surface area (Å²) < 4.78 is 14.5. The van der Waals surface area contributed by atoms with Crippen molar-refractivity contribution < 1.29 is 23.9 Å². The molecule has 210 valence electrons. The number of nitrogens with one attached hydrogen (secondary N) is 1. The standard InChI is InChI=1S/C28H33Cl2FN4O4/c29-21-9-7-18(26(31)25(21)30)15-33-27(38)22(10-11-24(36)37)34-13-12-20(8-6-17-4-2-1-3-5-17)35-16-19(32)14-23(35)28(34)39/h1-5,7,9,19-20,22-23H,6,8,10-16,32H2,(H,33,38)(H,36,37)/t19-,20?,22-,23+/m1/s1. The second kappa shape index (κ2) is 13.1. The number of carbonyl (C=O) groups is 3. The molecule has 4 atom stereocenters. The Hall–Kier alpha value is -2.72. The van der Waals surface area contributed by atoms with Crippen molar-refractivity contribution in [3.8, 4) is 0 Å². The molecule has 4 rings (SSSR count). The van der Waals surface area contributed by atoms with Crippen LogP contribution in [0.15, 0.2) is 42.5 Å². The van der Waals surface area contributed by atoms with E-state index >= 15 is 0 Å². The molecule has 2 amide bonds. The summed E-state index contributed by atoms with van der Waals surface area (Å²) in [6.07, 6.45) is 2.41. The normalized spacial score (nSPS) is 22.3. The number of hydrogen-bond donors (Lipinski definition) is 3. The van der Waals surface area contributed by atoms with Gasteiger partial charge >= 0.3 is 5.97 Å². The largest absolute Gasteiger partial charge is 0.481 e. The van der Waals surface area contributed by atoms with Gasteiger partial charge in [0, 0.05) is 43.7 Å². The maximum Gasteiger partial charge on any atom is 0.303 e. The fourth-order valence-corrected chi connectivity index (χ4v) is 5.92. The molecule has 39 heavy (non-hydrogen) atoms. The van der Waals surface area contributed by atoms with E-state index in [1.54, 1.807) is 0 Å². The summed E-state index contributed by atoms with van der Waals surface area (Å²) in [7, 11) is 0. The predicted octanol–water partition coefficient (Wildman–Crippen LogP) is 3.62. The van der Waals surface area contributed by atoms with Crippen LogP contribution in [0.5, 0.6) is 0 Å². The molecule has 0 radical (unpaired) electrons. The van der Waals surface area contributed by atoms with Crippen molar-refractivity contribution in [2.75, 3.05) is 13.1 Å². The van der Waals surface area contributed by atoms with Crippen LogP contribution in [0.1, 0.15) is 43.2 Å². The predicted molar refractivity (Wildman–Crippen MR) is 147 cm³/mol. The smallest absolute Gasteiger partial charge is 0.303 e. The van der Waals surface area contributed by atoms with E-state index in [0.29, 0.717) is 25.9 Å². The first kappa shape index (κ1) is 29.3. The van der Waals surface area contributed by atoms with Crippen molar-refractivity contribution in [3.63, 3.8) is 0 Å². The average Bonchev–Trinajstić information content (AvgIpc) is 3.26. The Bertz CT molecular complexity index is 1200. The summed E-state index contributed by atoms with van der Waals surface area (Å²) in [5.74, 6) is -2.59. The third kappa shape index (κ3) is 7.08. The van der Waals surface area contributed by atoms with Gasteiger partial charge in [-0.2, -0.15) is 0 Å². The molecule has 2 aliphatic heterocycles. The van der Waals surface area contributed by atoms with Crippen molar-refractivity contribution in [1.29, 1.82) is 0 Å². The van der Waals surface area contributed by atoms with Crippen molar-refractivity contribution in [2.24, 2.45) is 5.73 Å². The number of aliphatic carboxylic acids is 1. The first-order chi connectivity index (χ1) is 18.7. The molecule has 2 saturated heterocycles. The number of fused-ring (bicyclic) bond motifs is 1. The first-order valence-electron chi connectivity index (χ1n) is 13.1. The van der Waals surface area contributed by atoms with Gasteiger partial charge in [-0.25, -0.2) is 4.39 Å². The van der Waals surface area contributed by atoms with Gasteiger partial charge in [0.2, 0.25) is 11.8 Å². The van der Waals surface area contributed by atoms with E-state index in [-0.39, 0.29) is 53.0 Å². The number of halogens is 3. The highest BCUT2D eigenvalue weighted by molar-refractivity contribution is 6.42. The lowest BCUT2D eigenvalue weighted by Gasteiger charge is -2.32. The highest BCUT2D eigenvalue weighted by atomic mass is 35.5. The van der Waals surface area contributed by atoms with E-state index in [1.165, 1.54) is 22.6 Å². The topological polar surface area (TPSA) is 116 Å². The molecule has 8 nitrogen and oxygen atoms in total. The Balaban J connectivity index is 1.52. The molecule has 0 aromatic heterocycles. The zero-order valence-electron chi connectivity index (χ0n) is 21.5. The van der Waals surface area contributed by atoms with E-state index in [2.05, 4.69) is 22.3 Å². The van der Waals surface area contributed by atoms with Gasteiger partial charge in [0.1, 0.15) is 11.9 Å². The van der Waals surface area contributed by atoms with Crippen LogP contribution in [0.3, 0.4) is 0 Å². The molecule has 1 unspecified atom stereocenters. The second-order valence-electron chi connectivity index (χ2n) is 10.2. The van der Waals surface area contributed by atoms with Crippen molar-refractivity contribution in [2.45, 2.75) is 69.2 Å². The van der Waals surface area contributed by atoms with Gasteiger partial charge in [0.05, 0.1) is 16.1 Å². The zero-order chi connectivity index (χ0) is 28.1. The van der Waals surface area contributed by atoms with Crippen LogP contribution in [-0.4, -0.2) is 69.9 Å². The monoisotopic (exact) mass is 578 g/mol. The number of amides is 2. The zero-order valence-corrected chi connectivity index (χ0v) is 23.0. The Morgan fingerprint density at radius 1 is 1.18 bits per heavy atom. The summed E-state index contributed by atoms with van der Waals surface area (Å²) >= 11 is 11.7. The van der Waals surface area contributed by atoms with E-state index in [4.69, 9.17) is 28.9 Å². The van der Waals surface area contributed by atoms with E-state index in [9.17, 15) is 23.9 Å². The lowest BCUT2D eigenvalue weighted by molar-refractivity contribution is -0.144. The van der Waals surface area contributed by atoms with Crippen LogP contribution in [0.25, 0.3) is 0 Å². The van der Waals surface area contributed by atoms with Crippen LogP contribution < -0.4 is 11.1 Å². The molecule has 0 bridgehead atoms. The number of hydrogen-bond acceptors (Lipinski definition) is 5. The van der Waals surface area contributed by atoms with E-state index in [1.807, 2.05) is 18.2 Å². The van der Waals surface area contributed by atoms with Crippen molar-refractivity contribution in [1.82, 2.24) is 15.1 Å². The molecule has 2 heterocycles. The molecule has 0 aliphatic carbocycles. The van der Waals surface area contributed by atoms with Gasteiger partial charge in [0.25, 0.3) is 0 Å². The maximum atomic E-state index is 14.5. The Labute approximate surface area is 237 Å². The fourth-order valence-electron chi connectivity index (χ4n) is 5.59. The fraction of sp³-hybridized carbons (Fsp3) is 0.464. The summed E-state index contributed by atoms with van der Waals surface area (Å²) in [5, 5.41) is 11.8. The van der Waals surface area contributed by atoms with Gasteiger partial charge < -0.3 is 21.1 Å². The van der Waals surface area contributed by atoms with Crippen LogP contribution in [0.4, 0.5) is 4.39 Å². The van der Waals surface area contributed by atoms with Crippen LogP contribution in [0.2, 0.25) is 10.0 Å². The summed E-state index contributed by atoms with van der Waals surface area (Å²) in [5.41, 5.74) is 7.62. The minimum absolute atomic E-state index is 0.0554. The SMILES string of the molecule is N[C@@H]1C[C@H]2C(=O)N([C@H](CCC(=O)O)C(=O)NCc3ccc(Cl)c(Cl)c3F)CCC(CCc3ccccc3)N2C1. The van der Waals surface area contributed by atoms with E-state index in [0.717, 1.165) is 12.8 Å². The lowest BCUT2D eigenvalue weighted by atomic mass is 10.0. The van der Waals surface area contributed by atoms with Crippen molar-refractivity contribution >= 4 is 41.0 Å². The second-order valence-corrected chi connectivity index (χ2v) is 11.0. The minimum atomic E-state index is -1.07. The van der Waals surface area contributed by atoms with Gasteiger partial charge in [-0.15, -0.1) is 0 Å². The number of carbonyl (C=O) groups excluding carboxylic acids is 2. The highest BCUT2D eigenvalue weighted by Gasteiger charge is 2.45. The number of carboxylic acid groups (broad SMARTS) is 1. The average molecular weight is 580 g/mol. The minimum Gasteiger partial charge on any atom is -0.481 e. The summed E-state index contributed by atoms with van der Waals surface area (Å²) in [6.45, 7) is 0.707. The quantitative estimate of drug-likeness (QED) is 0.371. The first-order valence-corrected chi connectivity index (χ1v) is 13.9. The number of rotatable bonds is 10. The molecule has 2 aromatic carbocycles. The molecule has 0 saturated carbocycles. The Morgan fingerprint density at radius 3 is 2.64 bits per heavy atom. The third-order valence-electron chi connectivity index (χ3n) is 7.60. The molecule has 4 N–H and O–H groups in total. The molecule has 2 aliphatic rings. The molecule has 2 aromatic rings. The molecular weight excluding hydrogens is 546 g/mol.